The summed E-state index contributed by atoms with van der Waals surface area (Å²) in [5, 5.41) is 12.4. The number of para-hydroxylation sites is 1. The average molecular weight is 424 g/mol. The highest BCUT2D eigenvalue weighted by Gasteiger charge is 2.30. The zero-order valence-electron chi connectivity index (χ0n) is 16.1. The number of thioether (sulfide) groups is 1. The van der Waals surface area contributed by atoms with Crippen LogP contribution >= 0.6 is 23.1 Å². The van der Waals surface area contributed by atoms with Crippen LogP contribution in [0.25, 0.3) is 22.1 Å². The van der Waals surface area contributed by atoms with Crippen LogP contribution in [0.3, 0.4) is 0 Å². The van der Waals surface area contributed by atoms with E-state index in [1.54, 1.807) is 11.3 Å². The van der Waals surface area contributed by atoms with E-state index in [2.05, 4.69) is 51.3 Å². The molecule has 1 fully saturated rings. The largest absolute Gasteiger partial charge is 0.334 e. The van der Waals surface area contributed by atoms with Crippen LogP contribution in [0.4, 0.5) is 0 Å². The van der Waals surface area contributed by atoms with E-state index in [1.165, 1.54) is 16.6 Å². The highest BCUT2D eigenvalue weighted by molar-refractivity contribution is 7.99. The van der Waals surface area contributed by atoms with Gasteiger partial charge in [-0.1, -0.05) is 36.0 Å². The van der Waals surface area contributed by atoms with Crippen molar-refractivity contribution in [3.8, 4) is 0 Å². The molecule has 0 N–H and O–H groups in total. The Hall–Kier alpha value is -2.45. The molecule has 1 aliphatic rings. The van der Waals surface area contributed by atoms with E-state index in [9.17, 15) is 4.79 Å². The molecule has 0 spiro atoms. The van der Waals surface area contributed by atoms with Crippen LogP contribution in [0.2, 0.25) is 0 Å². The fourth-order valence-electron chi connectivity index (χ4n) is 4.12. The lowest BCUT2D eigenvalue weighted by Crippen LogP contribution is -2.31. The maximum atomic E-state index is 12.9. The Kier molecular flexibility index (Phi) is 4.97. The maximum Gasteiger partial charge on any atom is 0.233 e. The number of fused-ring (bicyclic) bond motifs is 3. The van der Waals surface area contributed by atoms with Crippen LogP contribution in [-0.2, 0) is 11.3 Å². The second-order valence-electron chi connectivity index (χ2n) is 7.08. The van der Waals surface area contributed by atoms with Crippen molar-refractivity contribution < 1.29 is 4.79 Å². The predicted octanol–water partition coefficient (Wildman–Crippen LogP) is 4.52. The molecule has 6 nitrogen and oxygen atoms in total. The van der Waals surface area contributed by atoms with E-state index < -0.39 is 0 Å². The first-order valence-corrected chi connectivity index (χ1v) is 11.7. The van der Waals surface area contributed by atoms with Gasteiger partial charge in [0.15, 0.2) is 5.65 Å². The van der Waals surface area contributed by atoms with Crippen LogP contribution in [0, 0.1) is 0 Å². The van der Waals surface area contributed by atoms with Gasteiger partial charge < -0.3 is 9.47 Å². The molecular formula is C21H21N5OS2. The third-order valence-electron chi connectivity index (χ3n) is 5.44. The summed E-state index contributed by atoms with van der Waals surface area (Å²) in [6, 6.07) is 12.5. The van der Waals surface area contributed by atoms with Gasteiger partial charge in [-0.15, -0.1) is 21.5 Å². The van der Waals surface area contributed by atoms with Crippen molar-refractivity contribution in [2.45, 2.75) is 37.5 Å². The number of carbonyl (C=O) groups excluding carboxylic acids is 1. The van der Waals surface area contributed by atoms with Crippen molar-refractivity contribution in [2.75, 3.05) is 12.3 Å². The molecule has 1 atom stereocenters. The van der Waals surface area contributed by atoms with Gasteiger partial charge >= 0.3 is 0 Å². The van der Waals surface area contributed by atoms with E-state index in [4.69, 9.17) is 4.98 Å². The number of hydrogen-bond donors (Lipinski definition) is 0. The molecule has 0 unspecified atom stereocenters. The fourth-order valence-corrected chi connectivity index (χ4v) is 5.66. The molecule has 0 saturated carbocycles. The fraction of sp³-hybridized carbons (Fsp3) is 0.333. The van der Waals surface area contributed by atoms with Crippen LogP contribution < -0.4 is 0 Å². The molecule has 8 heteroatoms. The summed E-state index contributed by atoms with van der Waals surface area (Å²) >= 11 is 3.10. The first-order chi connectivity index (χ1) is 14.3. The highest BCUT2D eigenvalue weighted by atomic mass is 32.2. The number of thiophene rings is 1. The molecule has 0 aliphatic carbocycles. The first-order valence-electron chi connectivity index (χ1n) is 9.83. The monoisotopic (exact) mass is 423 g/mol. The van der Waals surface area contributed by atoms with Crippen molar-refractivity contribution >= 4 is 51.1 Å². The molecule has 0 bridgehead atoms. The quantitative estimate of drug-likeness (QED) is 0.442. The predicted molar refractivity (Wildman–Crippen MR) is 117 cm³/mol. The van der Waals surface area contributed by atoms with Crippen molar-refractivity contribution in [2.24, 2.45) is 0 Å². The molecule has 0 radical (unpaired) electrons. The van der Waals surface area contributed by atoms with Gasteiger partial charge in [-0.25, -0.2) is 4.98 Å². The molecule has 4 aromatic rings. The SMILES string of the molecule is CCn1c2ccccc2c2nnc(SCC(=O)N3CCC[C@@H]3c3cccs3)nc21. The van der Waals surface area contributed by atoms with Gasteiger partial charge in [0.05, 0.1) is 17.3 Å². The third kappa shape index (κ3) is 3.30. The lowest BCUT2D eigenvalue weighted by Gasteiger charge is -2.23. The van der Waals surface area contributed by atoms with Crippen LogP contribution in [0.5, 0.6) is 0 Å². The number of nitrogens with zero attached hydrogens (tertiary/aromatic N) is 5. The Morgan fingerprint density at radius 3 is 2.97 bits per heavy atom. The summed E-state index contributed by atoms with van der Waals surface area (Å²) in [6.07, 6.45) is 2.09. The number of amides is 1. The van der Waals surface area contributed by atoms with E-state index in [0.29, 0.717) is 10.9 Å². The average Bonchev–Trinajstić information content (AvgIpc) is 3.49. The highest BCUT2D eigenvalue weighted by Crippen LogP contribution is 2.35. The summed E-state index contributed by atoms with van der Waals surface area (Å²) in [5.74, 6) is 0.479. The molecule has 29 heavy (non-hydrogen) atoms. The van der Waals surface area contributed by atoms with E-state index >= 15 is 0 Å². The summed E-state index contributed by atoms with van der Waals surface area (Å²) in [6.45, 7) is 3.73. The number of likely N-dealkylation sites (tertiary alicyclic amines) is 1. The lowest BCUT2D eigenvalue weighted by molar-refractivity contribution is -0.129. The van der Waals surface area contributed by atoms with Gasteiger partial charge in [0, 0.05) is 23.4 Å². The Labute approximate surface area is 176 Å². The van der Waals surface area contributed by atoms with Crippen LogP contribution in [-0.4, -0.2) is 42.9 Å². The van der Waals surface area contributed by atoms with Gasteiger partial charge in [-0.2, -0.15) is 0 Å². The van der Waals surface area contributed by atoms with Gasteiger partial charge in [0.1, 0.15) is 5.52 Å². The molecule has 4 heterocycles. The molecule has 1 aliphatic heterocycles. The smallest absolute Gasteiger partial charge is 0.233 e. The van der Waals surface area contributed by atoms with Crippen LogP contribution in [0.1, 0.15) is 30.7 Å². The maximum absolute atomic E-state index is 12.9. The number of aryl methyl sites for hydroxylation is 1. The molecule has 3 aromatic heterocycles. The minimum atomic E-state index is 0.144. The molecule has 148 valence electrons. The standard InChI is InChI=1S/C21H21N5OS2/c1-2-25-15-8-4-3-7-14(15)19-20(25)22-21(24-23-19)29-13-18(27)26-11-5-9-16(26)17-10-6-12-28-17/h3-4,6-8,10,12,16H,2,5,9,11,13H2,1H3/t16-/m1/s1. The zero-order valence-corrected chi connectivity index (χ0v) is 17.7. The second kappa shape index (κ2) is 7.76. The van der Waals surface area contributed by atoms with Crippen molar-refractivity contribution in [1.29, 1.82) is 0 Å². The first kappa shape index (κ1) is 18.6. The molecule has 5 rings (SSSR count). The van der Waals surface area contributed by atoms with Crippen molar-refractivity contribution in [3.05, 3.63) is 46.7 Å². The summed E-state index contributed by atoms with van der Waals surface area (Å²) in [7, 11) is 0. The van der Waals surface area contributed by atoms with E-state index in [-0.39, 0.29) is 11.9 Å². The Morgan fingerprint density at radius 2 is 2.14 bits per heavy atom. The number of hydrogen-bond acceptors (Lipinski definition) is 6. The van der Waals surface area contributed by atoms with Gasteiger partial charge in [-0.3, -0.25) is 4.79 Å². The van der Waals surface area contributed by atoms with Crippen molar-refractivity contribution in [3.63, 3.8) is 0 Å². The number of carbonyl (C=O) groups is 1. The Balaban J connectivity index is 1.37. The lowest BCUT2D eigenvalue weighted by atomic mass is 10.2. The van der Waals surface area contributed by atoms with Crippen LogP contribution in [0.15, 0.2) is 46.9 Å². The van der Waals surface area contributed by atoms with Gasteiger partial charge in [-0.05, 0) is 37.3 Å². The minimum absolute atomic E-state index is 0.144. The number of aromatic nitrogens is 4. The third-order valence-corrected chi connectivity index (χ3v) is 7.24. The normalized spacial score (nSPS) is 16.9. The zero-order chi connectivity index (χ0) is 19.8. The summed E-state index contributed by atoms with van der Waals surface area (Å²) in [5.41, 5.74) is 2.76. The number of benzene rings is 1. The second-order valence-corrected chi connectivity index (χ2v) is 9.00. The van der Waals surface area contributed by atoms with Gasteiger partial charge in [0.2, 0.25) is 11.1 Å². The van der Waals surface area contributed by atoms with Gasteiger partial charge in [0.25, 0.3) is 0 Å². The number of rotatable bonds is 5. The molecular weight excluding hydrogens is 402 g/mol. The summed E-state index contributed by atoms with van der Waals surface area (Å²) < 4.78 is 2.15. The minimum Gasteiger partial charge on any atom is -0.334 e. The Bertz CT molecular complexity index is 1170. The Morgan fingerprint density at radius 1 is 1.24 bits per heavy atom. The summed E-state index contributed by atoms with van der Waals surface area (Å²) in [4.78, 5) is 20.9. The topological polar surface area (TPSA) is 63.9 Å². The van der Waals surface area contributed by atoms with E-state index in [1.807, 2.05) is 17.0 Å². The van der Waals surface area contributed by atoms with Crippen molar-refractivity contribution in [1.82, 2.24) is 24.6 Å². The van der Waals surface area contributed by atoms with E-state index in [0.717, 1.165) is 48.0 Å². The molecule has 1 aromatic carbocycles. The molecule has 1 amide bonds. The molecule has 1 saturated heterocycles.